The summed E-state index contributed by atoms with van der Waals surface area (Å²) in [6.07, 6.45) is -3.67. The number of aromatic carboxylic acids is 1. The molecule has 1 aliphatic rings. The van der Waals surface area contributed by atoms with Crippen LogP contribution in [0.15, 0.2) is 11.0 Å². The van der Waals surface area contributed by atoms with Crippen LogP contribution in [-0.4, -0.2) is 72.6 Å². The molecule has 6 N–H and O–H groups in total. The van der Waals surface area contributed by atoms with Crippen LogP contribution in [0, 0.1) is 4.77 Å². The number of H-pyrrole nitrogens is 1. The summed E-state index contributed by atoms with van der Waals surface area (Å²) in [5, 5.41) is 47.7. The minimum absolute atomic E-state index is 0.325. The Balaban J connectivity index is 2.67. The van der Waals surface area contributed by atoms with Crippen molar-refractivity contribution in [2.75, 3.05) is 13.2 Å². The van der Waals surface area contributed by atoms with E-state index >= 15 is 0 Å². The van der Waals surface area contributed by atoms with Crippen molar-refractivity contribution in [1.29, 1.82) is 0 Å². The summed E-state index contributed by atoms with van der Waals surface area (Å²) in [6, 6.07) is 0. The minimum atomic E-state index is -2.03. The average molecular weight is 334 g/mol. The Hall–Kier alpha value is -1.63. The molecule has 0 aliphatic carbocycles. The standard InChI is InChI=1S/C11H14N2O8S/c14-2-5-6(16)7(17)11(3-15,21-5)13-1-4(9(19)20)8(18)12-10(13)22/h1,5-7,14-17H,2-3H2,(H,19,20)(H,12,18,22)/t5-,6-,7-,11-/m1/s1. The van der Waals surface area contributed by atoms with Crippen molar-refractivity contribution in [3.63, 3.8) is 0 Å². The molecule has 0 bridgehead atoms. The predicted octanol–water partition coefficient (Wildman–Crippen LogP) is -2.64. The van der Waals surface area contributed by atoms with Crippen LogP contribution in [0.1, 0.15) is 10.4 Å². The van der Waals surface area contributed by atoms with Gasteiger partial charge in [0, 0.05) is 6.20 Å². The van der Waals surface area contributed by atoms with Crippen LogP contribution in [0.4, 0.5) is 0 Å². The van der Waals surface area contributed by atoms with E-state index in [1.807, 2.05) is 0 Å². The Labute approximate surface area is 127 Å². The smallest absolute Gasteiger partial charge is 0.342 e. The second-order valence-corrected chi connectivity index (χ2v) is 5.14. The molecule has 1 fully saturated rings. The van der Waals surface area contributed by atoms with Crippen LogP contribution in [-0.2, 0) is 10.5 Å². The van der Waals surface area contributed by atoms with Gasteiger partial charge in [0.05, 0.1) is 13.2 Å². The summed E-state index contributed by atoms with van der Waals surface area (Å²) in [6.45, 7) is -1.54. The van der Waals surface area contributed by atoms with Crippen molar-refractivity contribution in [1.82, 2.24) is 9.55 Å². The largest absolute Gasteiger partial charge is 0.477 e. The maximum atomic E-state index is 11.5. The Morgan fingerprint density at radius 1 is 1.45 bits per heavy atom. The van der Waals surface area contributed by atoms with Gasteiger partial charge in [-0.25, -0.2) is 4.79 Å². The zero-order chi connectivity index (χ0) is 16.7. The third-order valence-electron chi connectivity index (χ3n) is 3.51. The molecule has 10 nitrogen and oxygen atoms in total. The van der Waals surface area contributed by atoms with Crippen LogP contribution in [0.3, 0.4) is 0 Å². The first-order valence-electron chi connectivity index (χ1n) is 6.14. The van der Waals surface area contributed by atoms with Crippen LogP contribution in [0.5, 0.6) is 0 Å². The number of carboxylic acids is 1. The van der Waals surface area contributed by atoms with Crippen molar-refractivity contribution < 1.29 is 35.1 Å². The van der Waals surface area contributed by atoms with Crippen molar-refractivity contribution in [3.8, 4) is 0 Å². The first-order chi connectivity index (χ1) is 10.3. The van der Waals surface area contributed by atoms with Crippen LogP contribution in [0.2, 0.25) is 0 Å². The molecule has 0 amide bonds. The number of carbonyl (C=O) groups is 1. The maximum Gasteiger partial charge on any atom is 0.342 e. The van der Waals surface area contributed by atoms with Gasteiger partial charge in [-0.05, 0) is 12.2 Å². The third-order valence-corrected chi connectivity index (χ3v) is 3.81. The molecule has 11 heteroatoms. The van der Waals surface area contributed by atoms with E-state index in [9.17, 15) is 24.9 Å². The fourth-order valence-corrected chi connectivity index (χ4v) is 2.63. The predicted molar refractivity (Wildman–Crippen MR) is 71.9 cm³/mol. The molecule has 1 saturated heterocycles. The molecule has 2 heterocycles. The molecule has 2 rings (SSSR count). The molecule has 1 aromatic heterocycles. The Bertz CT molecular complexity index is 700. The van der Waals surface area contributed by atoms with Crippen LogP contribution in [0.25, 0.3) is 0 Å². The first kappa shape index (κ1) is 16.7. The number of ether oxygens (including phenoxy) is 1. The lowest BCUT2D eigenvalue weighted by molar-refractivity contribution is -0.173. The van der Waals surface area contributed by atoms with Gasteiger partial charge in [-0.15, -0.1) is 0 Å². The first-order valence-corrected chi connectivity index (χ1v) is 6.54. The average Bonchev–Trinajstić information content (AvgIpc) is 2.72. The van der Waals surface area contributed by atoms with E-state index < -0.39 is 54.3 Å². The highest BCUT2D eigenvalue weighted by atomic mass is 32.1. The molecule has 0 radical (unpaired) electrons. The van der Waals surface area contributed by atoms with Gasteiger partial charge in [0.1, 0.15) is 23.9 Å². The van der Waals surface area contributed by atoms with E-state index in [1.54, 1.807) is 0 Å². The second-order valence-electron chi connectivity index (χ2n) is 4.75. The minimum Gasteiger partial charge on any atom is -0.477 e. The fourth-order valence-electron chi connectivity index (χ4n) is 2.33. The van der Waals surface area contributed by atoms with E-state index in [4.69, 9.17) is 27.2 Å². The quantitative estimate of drug-likeness (QED) is 0.323. The summed E-state index contributed by atoms with van der Waals surface area (Å²) in [7, 11) is 0. The molecule has 1 aliphatic heterocycles. The zero-order valence-electron chi connectivity index (χ0n) is 11.0. The number of aromatic nitrogens is 2. The molecule has 22 heavy (non-hydrogen) atoms. The molecular weight excluding hydrogens is 320 g/mol. The zero-order valence-corrected chi connectivity index (χ0v) is 11.9. The highest BCUT2D eigenvalue weighted by molar-refractivity contribution is 7.71. The normalized spacial score (nSPS) is 31.4. The summed E-state index contributed by atoms with van der Waals surface area (Å²) in [4.78, 5) is 24.7. The Morgan fingerprint density at radius 3 is 2.55 bits per heavy atom. The number of carboxylic acid groups (broad SMARTS) is 1. The highest BCUT2D eigenvalue weighted by Gasteiger charge is 2.55. The highest BCUT2D eigenvalue weighted by Crippen LogP contribution is 2.35. The summed E-state index contributed by atoms with van der Waals surface area (Å²) in [5.41, 5.74) is -3.69. The van der Waals surface area contributed by atoms with Gasteiger partial charge in [-0.2, -0.15) is 0 Å². The van der Waals surface area contributed by atoms with E-state index in [0.29, 0.717) is 0 Å². The van der Waals surface area contributed by atoms with Gasteiger partial charge < -0.3 is 30.3 Å². The fraction of sp³-hybridized carbons (Fsp3) is 0.545. The van der Waals surface area contributed by atoms with Crippen molar-refractivity contribution in [2.24, 2.45) is 0 Å². The summed E-state index contributed by atoms with van der Waals surface area (Å²) >= 11 is 4.90. The van der Waals surface area contributed by atoms with Crippen molar-refractivity contribution >= 4 is 18.2 Å². The number of aliphatic hydroxyl groups is 4. The molecule has 122 valence electrons. The SMILES string of the molecule is O=C(O)c1cn([C@]2(CO)O[C@H](CO)[C@@H](O)[C@H]2O)c(=S)[nH]c1=O. The Morgan fingerprint density at radius 2 is 2.09 bits per heavy atom. The lowest BCUT2D eigenvalue weighted by Crippen LogP contribution is -2.49. The number of aliphatic hydroxyl groups excluding tert-OH is 4. The van der Waals surface area contributed by atoms with Gasteiger partial charge in [-0.1, -0.05) is 0 Å². The molecule has 4 atom stereocenters. The van der Waals surface area contributed by atoms with E-state index in [0.717, 1.165) is 10.8 Å². The van der Waals surface area contributed by atoms with E-state index in [1.165, 1.54) is 0 Å². The van der Waals surface area contributed by atoms with Gasteiger partial charge in [0.2, 0.25) is 0 Å². The molecule has 0 spiro atoms. The number of aromatic amines is 1. The summed E-state index contributed by atoms with van der Waals surface area (Å²) in [5.74, 6) is -1.55. The van der Waals surface area contributed by atoms with Gasteiger partial charge in [0.25, 0.3) is 5.56 Å². The second kappa shape index (κ2) is 5.87. The molecular formula is C11H14N2O8S. The van der Waals surface area contributed by atoms with E-state index in [-0.39, 0.29) is 4.77 Å². The third kappa shape index (κ3) is 2.37. The molecule has 1 aromatic rings. The van der Waals surface area contributed by atoms with Crippen molar-refractivity contribution in [3.05, 3.63) is 26.9 Å². The number of rotatable bonds is 4. The topological polar surface area (TPSA) is 165 Å². The number of nitrogens with one attached hydrogen (secondary N) is 1. The van der Waals surface area contributed by atoms with Crippen LogP contribution >= 0.6 is 12.2 Å². The lowest BCUT2D eigenvalue weighted by Gasteiger charge is -2.32. The molecule has 0 aromatic carbocycles. The lowest BCUT2D eigenvalue weighted by atomic mass is 10.0. The summed E-state index contributed by atoms with van der Waals surface area (Å²) < 4.78 is 5.81. The molecule has 0 saturated carbocycles. The van der Waals surface area contributed by atoms with Crippen molar-refractivity contribution in [2.45, 2.75) is 24.0 Å². The van der Waals surface area contributed by atoms with Crippen LogP contribution < -0.4 is 5.56 Å². The number of hydrogen-bond donors (Lipinski definition) is 6. The maximum absolute atomic E-state index is 11.5. The number of hydrogen-bond acceptors (Lipinski definition) is 8. The molecule has 0 unspecified atom stereocenters. The Kier molecular flexibility index (Phi) is 4.47. The van der Waals surface area contributed by atoms with Gasteiger partial charge >= 0.3 is 5.97 Å². The number of nitrogens with zero attached hydrogens (tertiary/aromatic N) is 1. The van der Waals surface area contributed by atoms with Gasteiger partial charge in [0.15, 0.2) is 10.5 Å². The van der Waals surface area contributed by atoms with E-state index in [2.05, 4.69) is 4.98 Å². The monoisotopic (exact) mass is 334 g/mol. The van der Waals surface area contributed by atoms with Gasteiger partial charge in [-0.3, -0.25) is 14.3 Å².